The number of carbonyl (C=O) groups is 1. The minimum absolute atomic E-state index is 0.0379. The van der Waals surface area contributed by atoms with Gasteiger partial charge in [0, 0.05) is 22.0 Å². The molecule has 3 aromatic carbocycles. The highest BCUT2D eigenvalue weighted by atomic mass is 79.9. The van der Waals surface area contributed by atoms with Crippen LogP contribution in [0.2, 0.25) is 0 Å². The highest BCUT2D eigenvalue weighted by Gasteiger charge is 2.26. The van der Waals surface area contributed by atoms with Crippen molar-refractivity contribution in [3.8, 4) is 5.75 Å². The summed E-state index contributed by atoms with van der Waals surface area (Å²) in [5.74, 6) is -0.153. The predicted octanol–water partition coefficient (Wildman–Crippen LogP) is 5.62. The number of benzene rings is 3. The Balaban J connectivity index is 1.85. The van der Waals surface area contributed by atoms with E-state index in [1.165, 1.54) is 0 Å². The first-order valence-electron chi connectivity index (χ1n) is 9.04. The number of carbonyl (C=O) groups excluding carboxylic acids is 1. The van der Waals surface area contributed by atoms with Crippen molar-refractivity contribution in [1.82, 2.24) is 0 Å². The quantitative estimate of drug-likeness (QED) is 0.462. The van der Waals surface area contributed by atoms with Crippen molar-refractivity contribution in [3.05, 3.63) is 70.7 Å². The Hall–Kier alpha value is -2.57. The number of hydrogen-bond acceptors (Lipinski definition) is 4. The Bertz CT molecular complexity index is 970. The monoisotopic (exact) mass is 443 g/mol. The summed E-state index contributed by atoms with van der Waals surface area (Å²) < 4.78 is 6.46. The number of phenols is 1. The minimum atomic E-state index is -0.709. The normalized spacial score (nSPS) is 13.1. The van der Waals surface area contributed by atoms with Gasteiger partial charge in [-0.2, -0.15) is 0 Å². The van der Waals surface area contributed by atoms with Crippen LogP contribution in [0, 0.1) is 5.92 Å². The van der Waals surface area contributed by atoms with Gasteiger partial charge in [0.1, 0.15) is 11.9 Å². The van der Waals surface area contributed by atoms with Gasteiger partial charge in [0.25, 0.3) is 0 Å². The second kappa shape index (κ2) is 9.08. The summed E-state index contributed by atoms with van der Waals surface area (Å²) in [5.41, 5.74) is 1.14. The molecular weight excluding hydrogens is 422 g/mol. The van der Waals surface area contributed by atoms with Crippen LogP contribution in [-0.4, -0.2) is 22.9 Å². The molecule has 28 heavy (non-hydrogen) atoms. The van der Waals surface area contributed by atoms with Crippen LogP contribution in [-0.2, 0) is 4.74 Å². The zero-order valence-corrected chi connectivity index (χ0v) is 17.0. The van der Waals surface area contributed by atoms with Crippen molar-refractivity contribution in [1.29, 1.82) is 0 Å². The van der Waals surface area contributed by atoms with Gasteiger partial charge in [-0.15, -0.1) is 0 Å². The van der Waals surface area contributed by atoms with Gasteiger partial charge in [0.05, 0.1) is 5.69 Å². The summed E-state index contributed by atoms with van der Waals surface area (Å²) in [4.78, 5) is 12.7. The number of hydrogen-bond donors (Lipinski definition) is 3. The SMILES string of the molecule is C[C@@H](CCO)[C@@H](OC(=O)Nc1cccc2ccccc12)c1cc(Br)ccc1O. The van der Waals surface area contributed by atoms with Crippen molar-refractivity contribution in [3.63, 3.8) is 0 Å². The minimum Gasteiger partial charge on any atom is -0.508 e. The van der Waals surface area contributed by atoms with E-state index in [9.17, 15) is 15.0 Å². The highest BCUT2D eigenvalue weighted by molar-refractivity contribution is 9.10. The van der Waals surface area contributed by atoms with Crippen LogP contribution in [0.4, 0.5) is 10.5 Å². The molecule has 0 saturated heterocycles. The largest absolute Gasteiger partial charge is 0.508 e. The number of halogens is 1. The van der Waals surface area contributed by atoms with Crippen LogP contribution in [0.1, 0.15) is 25.0 Å². The summed E-state index contributed by atoms with van der Waals surface area (Å²) >= 11 is 3.38. The third-order valence-electron chi connectivity index (χ3n) is 4.66. The molecule has 6 heteroatoms. The van der Waals surface area contributed by atoms with E-state index in [0.717, 1.165) is 15.2 Å². The lowest BCUT2D eigenvalue weighted by Gasteiger charge is -2.25. The van der Waals surface area contributed by atoms with Gasteiger partial charge in [-0.05, 0) is 42.0 Å². The lowest BCUT2D eigenvalue weighted by atomic mass is 9.94. The molecule has 0 aliphatic heterocycles. The molecule has 3 rings (SSSR count). The molecule has 0 unspecified atom stereocenters. The number of aromatic hydroxyl groups is 1. The predicted molar refractivity (Wildman–Crippen MR) is 113 cm³/mol. The van der Waals surface area contributed by atoms with Crippen molar-refractivity contribution in [2.24, 2.45) is 5.92 Å². The molecule has 0 bridgehead atoms. The van der Waals surface area contributed by atoms with E-state index in [4.69, 9.17) is 4.74 Å². The van der Waals surface area contributed by atoms with Crippen LogP contribution in [0.25, 0.3) is 10.8 Å². The molecule has 3 N–H and O–H groups in total. The first-order valence-corrected chi connectivity index (χ1v) is 9.83. The fraction of sp³-hybridized carbons (Fsp3) is 0.227. The number of aliphatic hydroxyl groups excluding tert-OH is 1. The highest BCUT2D eigenvalue weighted by Crippen LogP contribution is 2.36. The van der Waals surface area contributed by atoms with Crippen LogP contribution >= 0.6 is 15.9 Å². The number of nitrogens with one attached hydrogen (secondary N) is 1. The maximum Gasteiger partial charge on any atom is 0.412 e. The maximum atomic E-state index is 12.7. The molecule has 0 spiro atoms. The zero-order valence-electron chi connectivity index (χ0n) is 15.4. The summed E-state index contributed by atoms with van der Waals surface area (Å²) in [6, 6.07) is 18.4. The van der Waals surface area contributed by atoms with Crippen LogP contribution in [0.15, 0.2) is 65.1 Å². The van der Waals surface area contributed by atoms with Gasteiger partial charge in [0.15, 0.2) is 0 Å². The van der Waals surface area contributed by atoms with E-state index in [0.29, 0.717) is 17.7 Å². The average Bonchev–Trinajstić information content (AvgIpc) is 2.68. The Kier molecular flexibility index (Phi) is 6.54. The number of anilines is 1. The van der Waals surface area contributed by atoms with E-state index in [1.807, 2.05) is 49.4 Å². The number of ether oxygens (including phenoxy) is 1. The van der Waals surface area contributed by atoms with Crippen molar-refractivity contribution < 1.29 is 19.7 Å². The molecule has 1 amide bonds. The number of rotatable bonds is 6. The topological polar surface area (TPSA) is 78.8 Å². The fourth-order valence-corrected chi connectivity index (χ4v) is 3.56. The van der Waals surface area contributed by atoms with Crippen LogP contribution < -0.4 is 5.32 Å². The van der Waals surface area contributed by atoms with Gasteiger partial charge < -0.3 is 14.9 Å². The second-order valence-corrected chi connectivity index (χ2v) is 7.59. The molecular formula is C22H22BrNO4. The number of aliphatic hydroxyl groups is 1. The molecule has 0 saturated carbocycles. The van der Waals surface area contributed by atoms with Gasteiger partial charge >= 0.3 is 6.09 Å². The molecule has 5 nitrogen and oxygen atoms in total. The van der Waals surface area contributed by atoms with E-state index in [2.05, 4.69) is 21.2 Å². The van der Waals surface area contributed by atoms with Gasteiger partial charge in [-0.25, -0.2) is 4.79 Å². The molecule has 0 radical (unpaired) electrons. The fourth-order valence-electron chi connectivity index (χ4n) is 3.18. The lowest BCUT2D eigenvalue weighted by Crippen LogP contribution is -2.22. The first kappa shape index (κ1) is 20.2. The summed E-state index contributed by atoms with van der Waals surface area (Å²) in [7, 11) is 0. The van der Waals surface area contributed by atoms with Gasteiger partial charge in [-0.3, -0.25) is 5.32 Å². The Labute approximate surface area is 172 Å². The average molecular weight is 444 g/mol. The molecule has 0 aromatic heterocycles. The summed E-state index contributed by atoms with van der Waals surface area (Å²) in [6.45, 7) is 1.83. The molecule has 3 aromatic rings. The molecule has 2 atom stereocenters. The van der Waals surface area contributed by atoms with Crippen molar-refractivity contribution in [2.45, 2.75) is 19.4 Å². The van der Waals surface area contributed by atoms with Crippen molar-refractivity contribution in [2.75, 3.05) is 11.9 Å². The Morgan fingerprint density at radius 2 is 1.89 bits per heavy atom. The first-order chi connectivity index (χ1) is 13.5. The molecule has 0 aliphatic rings. The van der Waals surface area contributed by atoms with E-state index >= 15 is 0 Å². The Morgan fingerprint density at radius 1 is 1.14 bits per heavy atom. The van der Waals surface area contributed by atoms with Crippen LogP contribution in [0.5, 0.6) is 5.75 Å². The third-order valence-corrected chi connectivity index (χ3v) is 5.15. The summed E-state index contributed by atoms with van der Waals surface area (Å²) in [6.07, 6.45) is -0.900. The number of fused-ring (bicyclic) bond motifs is 1. The Morgan fingerprint density at radius 3 is 2.68 bits per heavy atom. The lowest BCUT2D eigenvalue weighted by molar-refractivity contribution is 0.0652. The van der Waals surface area contributed by atoms with Crippen molar-refractivity contribution >= 4 is 38.5 Å². The number of phenolic OH excluding ortho intramolecular Hbond substituents is 1. The second-order valence-electron chi connectivity index (χ2n) is 6.67. The zero-order chi connectivity index (χ0) is 20.1. The molecule has 0 heterocycles. The molecule has 146 valence electrons. The van der Waals surface area contributed by atoms with Gasteiger partial charge in [-0.1, -0.05) is 59.3 Å². The smallest absolute Gasteiger partial charge is 0.412 e. The third kappa shape index (κ3) is 4.64. The van der Waals surface area contributed by atoms with Crippen LogP contribution in [0.3, 0.4) is 0 Å². The maximum absolute atomic E-state index is 12.7. The number of amides is 1. The standard InChI is InChI=1S/C22H22BrNO4/c1-14(11-12-25)21(18-13-16(23)9-10-20(18)26)28-22(27)24-19-8-4-6-15-5-2-3-7-17(15)19/h2-10,13-14,21,25-26H,11-12H2,1H3,(H,24,27)/t14-,21+/m0/s1. The summed E-state index contributed by atoms with van der Waals surface area (Å²) in [5, 5.41) is 24.3. The molecule has 0 fully saturated rings. The van der Waals surface area contributed by atoms with Gasteiger partial charge in [0.2, 0.25) is 0 Å². The van der Waals surface area contributed by atoms with E-state index in [-0.39, 0.29) is 18.3 Å². The molecule has 0 aliphatic carbocycles. The van der Waals surface area contributed by atoms with E-state index in [1.54, 1.807) is 18.2 Å². The van der Waals surface area contributed by atoms with E-state index < -0.39 is 12.2 Å².